The van der Waals surface area contributed by atoms with Gasteiger partial charge in [-0.25, -0.2) is 4.79 Å². The van der Waals surface area contributed by atoms with Gasteiger partial charge < -0.3 is 28.8 Å². The molecule has 0 atom stereocenters. The van der Waals surface area contributed by atoms with Gasteiger partial charge in [0.05, 0.1) is 12.7 Å². The van der Waals surface area contributed by atoms with Crippen molar-refractivity contribution in [1.82, 2.24) is 0 Å². The van der Waals surface area contributed by atoms with Crippen molar-refractivity contribution in [2.45, 2.75) is 0 Å². The molecule has 0 spiro atoms. The van der Waals surface area contributed by atoms with Gasteiger partial charge in [-0.2, -0.15) is 0 Å². The van der Waals surface area contributed by atoms with E-state index in [1.165, 1.54) is 14.2 Å². The van der Waals surface area contributed by atoms with E-state index in [1.807, 2.05) is 18.2 Å². The Morgan fingerprint density at radius 3 is 2.14 bits per heavy atom. The minimum Gasteiger partial charge on any atom is -0.465 e. The molecule has 1 aromatic rings. The second kappa shape index (κ2) is 15.2. The molecule has 0 saturated heterocycles. The van der Waals surface area contributed by atoms with Gasteiger partial charge in [0.15, 0.2) is 25.1 Å². The number of aliphatic hydroxyl groups excluding tert-OH is 1. The fourth-order valence-electron chi connectivity index (χ4n) is 1.77. The summed E-state index contributed by atoms with van der Waals surface area (Å²) in [4.78, 5) is 11.3. The Morgan fingerprint density at radius 1 is 0.964 bits per heavy atom. The summed E-state index contributed by atoms with van der Waals surface area (Å²) in [6.07, 6.45) is 6.88. The fourth-order valence-corrected chi connectivity index (χ4v) is 1.77. The molecule has 154 valence electrons. The molecule has 0 saturated carbocycles. The van der Waals surface area contributed by atoms with Crippen molar-refractivity contribution in [2.75, 3.05) is 42.0 Å². The normalized spacial score (nSPS) is 10.3. The van der Waals surface area contributed by atoms with Crippen LogP contribution in [-0.2, 0) is 19.0 Å². The zero-order valence-electron chi connectivity index (χ0n) is 16.8. The van der Waals surface area contributed by atoms with Crippen molar-refractivity contribution in [2.24, 2.45) is 0 Å². The van der Waals surface area contributed by atoms with Crippen LogP contribution in [0.15, 0.2) is 60.7 Å². The first-order chi connectivity index (χ1) is 13.5. The Labute approximate surface area is 166 Å². The minimum atomic E-state index is -0.482. The van der Waals surface area contributed by atoms with Gasteiger partial charge in [-0.1, -0.05) is 37.5 Å². The molecule has 0 bridgehead atoms. The minimum absolute atomic E-state index is 0.0988. The second-order valence-corrected chi connectivity index (χ2v) is 5.07. The topological polar surface area (TPSA) is 83.5 Å². The van der Waals surface area contributed by atoms with Crippen molar-refractivity contribution in [3.8, 4) is 11.5 Å². The predicted molar refractivity (Wildman–Crippen MR) is 108 cm³/mol. The molecular formula is C21H28O7. The number of aliphatic hydroxyl groups is 1. The maximum atomic E-state index is 11.3. The number of allylic oxidation sites excluding steroid dienone is 3. The third kappa shape index (κ3) is 9.72. The smallest absolute Gasteiger partial charge is 0.337 e. The van der Waals surface area contributed by atoms with Crippen LogP contribution in [0.2, 0.25) is 0 Å². The molecule has 0 aliphatic heterocycles. The van der Waals surface area contributed by atoms with Crippen LogP contribution in [0, 0.1) is 0 Å². The molecule has 0 aliphatic rings. The van der Waals surface area contributed by atoms with E-state index >= 15 is 0 Å². The summed E-state index contributed by atoms with van der Waals surface area (Å²) in [5.41, 5.74) is 1.81. The van der Waals surface area contributed by atoms with E-state index in [2.05, 4.69) is 17.9 Å². The Morgan fingerprint density at radius 2 is 1.57 bits per heavy atom. The largest absolute Gasteiger partial charge is 0.465 e. The monoisotopic (exact) mass is 392 g/mol. The molecular weight excluding hydrogens is 364 g/mol. The molecule has 0 unspecified atom stereocenters. The van der Waals surface area contributed by atoms with E-state index in [4.69, 9.17) is 24.1 Å². The highest BCUT2D eigenvalue weighted by Gasteiger charge is 2.06. The van der Waals surface area contributed by atoms with Crippen molar-refractivity contribution in [3.05, 3.63) is 66.3 Å². The van der Waals surface area contributed by atoms with E-state index in [9.17, 15) is 4.79 Å². The van der Waals surface area contributed by atoms with Crippen molar-refractivity contribution >= 4 is 12.0 Å². The number of carbonyl (C=O) groups excluding carboxylic acids is 1. The molecule has 7 heteroatoms. The van der Waals surface area contributed by atoms with Crippen LogP contribution in [0.5, 0.6) is 11.5 Å². The quantitative estimate of drug-likeness (QED) is 0.268. The van der Waals surface area contributed by atoms with Crippen LogP contribution < -0.4 is 9.47 Å². The Hall–Kier alpha value is -2.87. The number of methoxy groups -OCH3 is 3. The molecule has 0 radical (unpaired) electrons. The molecule has 0 heterocycles. The summed E-state index contributed by atoms with van der Waals surface area (Å²) in [6, 6.07) is 5.46. The predicted octanol–water partition coefficient (Wildman–Crippen LogP) is 3.12. The zero-order valence-corrected chi connectivity index (χ0v) is 16.8. The van der Waals surface area contributed by atoms with Crippen LogP contribution in [0.25, 0.3) is 6.08 Å². The molecule has 1 N–H and O–H groups in total. The van der Waals surface area contributed by atoms with E-state index in [-0.39, 0.29) is 19.2 Å². The fraction of sp³-hybridized carbons (Fsp3) is 0.286. The highest BCUT2D eigenvalue weighted by molar-refractivity contribution is 5.90. The van der Waals surface area contributed by atoms with Gasteiger partial charge in [-0.3, -0.25) is 0 Å². The van der Waals surface area contributed by atoms with E-state index in [0.717, 1.165) is 12.7 Å². The van der Waals surface area contributed by atoms with Crippen LogP contribution in [0.4, 0.5) is 0 Å². The number of hydrogen-bond acceptors (Lipinski definition) is 7. The van der Waals surface area contributed by atoms with Crippen LogP contribution in [-0.4, -0.2) is 53.1 Å². The van der Waals surface area contributed by atoms with Gasteiger partial charge >= 0.3 is 5.97 Å². The first-order valence-electron chi connectivity index (χ1n) is 8.16. The van der Waals surface area contributed by atoms with E-state index in [0.29, 0.717) is 17.1 Å². The lowest BCUT2D eigenvalue weighted by molar-refractivity contribution is -0.135. The number of esters is 1. The molecule has 0 fully saturated rings. The number of benzene rings is 1. The molecule has 0 aliphatic carbocycles. The number of carbonyl (C=O) groups is 1. The lowest BCUT2D eigenvalue weighted by atomic mass is 10.1. The average Bonchev–Trinajstić information content (AvgIpc) is 2.74. The van der Waals surface area contributed by atoms with Crippen LogP contribution in [0.1, 0.15) is 5.56 Å². The molecule has 28 heavy (non-hydrogen) atoms. The van der Waals surface area contributed by atoms with Gasteiger partial charge in [0.25, 0.3) is 0 Å². The highest BCUT2D eigenvalue weighted by Crippen LogP contribution is 2.29. The maximum Gasteiger partial charge on any atom is 0.337 e. The lowest BCUT2D eigenvalue weighted by Crippen LogP contribution is -2.04. The lowest BCUT2D eigenvalue weighted by Gasteiger charge is -2.12. The Bertz CT molecular complexity index is 690. The van der Waals surface area contributed by atoms with Gasteiger partial charge in [0.1, 0.15) is 0 Å². The molecule has 1 aromatic carbocycles. The summed E-state index contributed by atoms with van der Waals surface area (Å²) in [5.74, 6) is 0.602. The summed E-state index contributed by atoms with van der Waals surface area (Å²) >= 11 is 0. The maximum absolute atomic E-state index is 11.3. The first-order valence-corrected chi connectivity index (χ1v) is 8.16. The summed E-state index contributed by atoms with van der Waals surface area (Å²) in [7, 11) is 5.39. The van der Waals surface area contributed by atoms with E-state index < -0.39 is 5.97 Å². The van der Waals surface area contributed by atoms with Gasteiger partial charge in [-0.15, -0.1) is 0 Å². The molecule has 1 rings (SSSR count). The Kier molecular flexibility index (Phi) is 13.7. The van der Waals surface area contributed by atoms with Crippen molar-refractivity contribution in [3.63, 3.8) is 0 Å². The SMILES string of the molecule is C=C(/C=C\C(=C)C(=O)OC)/C=C/c1ccc(OCOC)c(OCOC)c1.CO. The molecule has 0 aromatic heterocycles. The number of rotatable bonds is 11. The standard InChI is InChI=1S/C20H24O6.CH4O/c1-15(6-8-16(2)20(21)24-5)7-9-17-10-11-18(25-13-22-3)19(12-17)26-14-23-4;1-2/h6-12H,1-2,13-14H2,3-5H3;2H,1H3/b8-6-,9-7+;. The molecule has 7 nitrogen and oxygen atoms in total. The van der Waals surface area contributed by atoms with Gasteiger partial charge in [0, 0.05) is 21.3 Å². The summed E-state index contributed by atoms with van der Waals surface area (Å²) < 4.78 is 25.4. The third-order valence-electron chi connectivity index (χ3n) is 3.07. The molecule has 0 amide bonds. The Balaban J connectivity index is 0.00000352. The van der Waals surface area contributed by atoms with Gasteiger partial charge in [0.2, 0.25) is 0 Å². The second-order valence-electron chi connectivity index (χ2n) is 5.07. The summed E-state index contributed by atoms with van der Waals surface area (Å²) in [6.45, 7) is 7.72. The van der Waals surface area contributed by atoms with Crippen molar-refractivity contribution in [1.29, 1.82) is 0 Å². The average molecular weight is 392 g/mol. The van der Waals surface area contributed by atoms with Crippen molar-refractivity contribution < 1.29 is 33.6 Å². The van der Waals surface area contributed by atoms with Crippen LogP contribution in [0.3, 0.4) is 0 Å². The van der Waals surface area contributed by atoms with E-state index in [1.54, 1.807) is 31.4 Å². The highest BCUT2D eigenvalue weighted by atomic mass is 16.7. The first kappa shape index (κ1) is 25.1. The summed E-state index contributed by atoms with van der Waals surface area (Å²) in [5, 5.41) is 7.00. The third-order valence-corrected chi connectivity index (χ3v) is 3.07. The number of ether oxygens (including phenoxy) is 5. The van der Waals surface area contributed by atoms with Gasteiger partial charge in [-0.05, 0) is 29.3 Å². The zero-order chi connectivity index (χ0) is 21.4. The number of hydrogen-bond donors (Lipinski definition) is 1. The van der Waals surface area contributed by atoms with Crippen LogP contribution >= 0.6 is 0 Å².